The van der Waals surface area contributed by atoms with E-state index >= 15 is 0 Å². The SMILES string of the molecule is CCC1(C(=O)Nc2ccc(I)cc2)CCNCC1. The molecule has 2 N–H and O–H groups in total. The van der Waals surface area contributed by atoms with E-state index in [-0.39, 0.29) is 11.3 Å². The van der Waals surface area contributed by atoms with Gasteiger partial charge in [-0.25, -0.2) is 0 Å². The summed E-state index contributed by atoms with van der Waals surface area (Å²) in [4.78, 5) is 12.5. The number of benzene rings is 1. The summed E-state index contributed by atoms with van der Waals surface area (Å²) in [6, 6.07) is 7.95. The number of nitrogens with one attached hydrogen (secondary N) is 2. The van der Waals surface area contributed by atoms with Gasteiger partial charge in [0.05, 0.1) is 5.41 Å². The maximum Gasteiger partial charge on any atom is 0.230 e. The molecule has 0 aromatic heterocycles. The van der Waals surface area contributed by atoms with Gasteiger partial charge in [0.2, 0.25) is 5.91 Å². The van der Waals surface area contributed by atoms with Crippen LogP contribution in [-0.2, 0) is 4.79 Å². The minimum atomic E-state index is -0.186. The number of amides is 1. The molecule has 0 radical (unpaired) electrons. The third-order valence-electron chi connectivity index (χ3n) is 3.82. The predicted molar refractivity (Wildman–Crippen MR) is 82.6 cm³/mol. The highest BCUT2D eigenvalue weighted by Crippen LogP contribution is 2.33. The molecule has 1 aromatic carbocycles. The molecule has 1 aliphatic heterocycles. The molecule has 1 aliphatic rings. The molecule has 1 aromatic rings. The van der Waals surface area contributed by atoms with Crippen LogP contribution in [0.15, 0.2) is 24.3 Å². The molecule has 1 saturated heterocycles. The summed E-state index contributed by atoms with van der Waals surface area (Å²) < 4.78 is 1.18. The van der Waals surface area contributed by atoms with Crippen molar-refractivity contribution in [3.63, 3.8) is 0 Å². The van der Waals surface area contributed by atoms with Gasteiger partial charge in [-0.15, -0.1) is 0 Å². The van der Waals surface area contributed by atoms with Crippen LogP contribution in [0.25, 0.3) is 0 Å². The average molecular weight is 358 g/mol. The lowest BCUT2D eigenvalue weighted by Crippen LogP contribution is -2.44. The zero-order valence-corrected chi connectivity index (χ0v) is 12.8. The Morgan fingerprint density at radius 1 is 1.33 bits per heavy atom. The van der Waals surface area contributed by atoms with Gasteiger partial charge in [0.15, 0.2) is 0 Å². The Labute approximate surface area is 122 Å². The van der Waals surface area contributed by atoms with Crippen LogP contribution in [0.1, 0.15) is 26.2 Å². The van der Waals surface area contributed by atoms with Crippen LogP contribution in [0.2, 0.25) is 0 Å². The van der Waals surface area contributed by atoms with Crippen LogP contribution in [0.4, 0.5) is 5.69 Å². The van der Waals surface area contributed by atoms with Crippen molar-refractivity contribution in [1.29, 1.82) is 0 Å². The molecule has 2 rings (SSSR count). The van der Waals surface area contributed by atoms with Crippen molar-refractivity contribution in [3.8, 4) is 0 Å². The maximum absolute atomic E-state index is 12.5. The highest BCUT2D eigenvalue weighted by Gasteiger charge is 2.37. The Hall–Kier alpha value is -0.620. The average Bonchev–Trinajstić information content (AvgIpc) is 2.42. The normalized spacial score (nSPS) is 18.3. The third kappa shape index (κ3) is 3.03. The van der Waals surface area contributed by atoms with Crippen molar-refractivity contribution >= 4 is 34.2 Å². The monoisotopic (exact) mass is 358 g/mol. The fourth-order valence-corrected chi connectivity index (χ4v) is 2.80. The topological polar surface area (TPSA) is 41.1 Å². The molecule has 0 atom stereocenters. The standard InChI is InChI=1S/C14H19IN2O/c1-2-14(7-9-16-10-8-14)13(18)17-12-5-3-11(15)4-6-12/h3-6,16H,2,7-10H2,1H3,(H,17,18). The summed E-state index contributed by atoms with van der Waals surface area (Å²) in [5.41, 5.74) is 0.709. The number of carbonyl (C=O) groups excluding carboxylic acids is 1. The molecule has 1 amide bonds. The van der Waals surface area contributed by atoms with Crippen LogP contribution in [0.5, 0.6) is 0 Å². The largest absolute Gasteiger partial charge is 0.326 e. The molecule has 0 saturated carbocycles. The molecular weight excluding hydrogens is 339 g/mol. The number of rotatable bonds is 3. The first-order valence-electron chi connectivity index (χ1n) is 6.44. The molecule has 4 heteroatoms. The van der Waals surface area contributed by atoms with Crippen LogP contribution < -0.4 is 10.6 Å². The molecular formula is C14H19IN2O. The van der Waals surface area contributed by atoms with E-state index < -0.39 is 0 Å². The van der Waals surface area contributed by atoms with Gasteiger partial charge in [-0.05, 0) is 79.2 Å². The number of carbonyl (C=O) groups is 1. The molecule has 3 nitrogen and oxygen atoms in total. The van der Waals surface area contributed by atoms with Gasteiger partial charge >= 0.3 is 0 Å². The van der Waals surface area contributed by atoms with E-state index in [2.05, 4.69) is 40.1 Å². The zero-order valence-electron chi connectivity index (χ0n) is 10.6. The van der Waals surface area contributed by atoms with Crippen molar-refractivity contribution in [3.05, 3.63) is 27.8 Å². The number of hydrogen-bond acceptors (Lipinski definition) is 2. The molecule has 1 fully saturated rings. The summed E-state index contributed by atoms with van der Waals surface area (Å²) in [5.74, 6) is 0.174. The summed E-state index contributed by atoms with van der Waals surface area (Å²) >= 11 is 2.26. The van der Waals surface area contributed by atoms with Gasteiger partial charge in [0.25, 0.3) is 0 Å². The summed E-state index contributed by atoms with van der Waals surface area (Å²) in [6.45, 7) is 3.99. The molecule has 0 bridgehead atoms. The lowest BCUT2D eigenvalue weighted by molar-refractivity contribution is -0.127. The minimum Gasteiger partial charge on any atom is -0.326 e. The lowest BCUT2D eigenvalue weighted by atomic mass is 9.76. The molecule has 0 spiro atoms. The van der Waals surface area contributed by atoms with E-state index in [0.29, 0.717) is 0 Å². The van der Waals surface area contributed by atoms with E-state index in [4.69, 9.17) is 0 Å². The van der Waals surface area contributed by atoms with Gasteiger partial charge in [0, 0.05) is 9.26 Å². The number of anilines is 1. The fraction of sp³-hybridized carbons (Fsp3) is 0.500. The van der Waals surface area contributed by atoms with Crippen molar-refractivity contribution in [2.75, 3.05) is 18.4 Å². The molecule has 18 heavy (non-hydrogen) atoms. The quantitative estimate of drug-likeness (QED) is 0.816. The Balaban J connectivity index is 2.07. The van der Waals surface area contributed by atoms with Crippen LogP contribution in [0, 0.1) is 8.99 Å². The van der Waals surface area contributed by atoms with E-state index in [9.17, 15) is 4.79 Å². The van der Waals surface area contributed by atoms with Crippen molar-refractivity contribution < 1.29 is 4.79 Å². The second kappa shape index (κ2) is 6.02. The van der Waals surface area contributed by atoms with Gasteiger partial charge in [0.1, 0.15) is 0 Å². The molecule has 0 unspecified atom stereocenters. The smallest absolute Gasteiger partial charge is 0.230 e. The molecule has 98 valence electrons. The summed E-state index contributed by atoms with van der Waals surface area (Å²) in [7, 11) is 0. The number of hydrogen-bond donors (Lipinski definition) is 2. The van der Waals surface area contributed by atoms with E-state index in [0.717, 1.165) is 38.0 Å². The number of piperidine rings is 1. The third-order valence-corrected chi connectivity index (χ3v) is 4.54. The van der Waals surface area contributed by atoms with Crippen LogP contribution in [0.3, 0.4) is 0 Å². The highest BCUT2D eigenvalue weighted by atomic mass is 127. The van der Waals surface area contributed by atoms with Crippen molar-refractivity contribution in [2.24, 2.45) is 5.41 Å². The van der Waals surface area contributed by atoms with Crippen LogP contribution >= 0.6 is 22.6 Å². The Bertz CT molecular complexity index is 410. The van der Waals surface area contributed by atoms with Crippen molar-refractivity contribution in [2.45, 2.75) is 26.2 Å². The van der Waals surface area contributed by atoms with E-state index in [1.807, 2.05) is 24.3 Å². The summed E-state index contributed by atoms with van der Waals surface area (Å²) in [5, 5.41) is 6.38. The number of halogens is 1. The maximum atomic E-state index is 12.5. The second-order valence-corrected chi connectivity index (χ2v) is 6.09. The van der Waals surface area contributed by atoms with Gasteiger partial charge in [-0.3, -0.25) is 4.79 Å². The van der Waals surface area contributed by atoms with E-state index in [1.165, 1.54) is 3.57 Å². The van der Waals surface area contributed by atoms with E-state index in [1.54, 1.807) is 0 Å². The first-order valence-corrected chi connectivity index (χ1v) is 7.52. The lowest BCUT2D eigenvalue weighted by Gasteiger charge is -2.35. The van der Waals surface area contributed by atoms with Gasteiger partial charge in [-0.2, -0.15) is 0 Å². The highest BCUT2D eigenvalue weighted by molar-refractivity contribution is 14.1. The molecule has 1 heterocycles. The van der Waals surface area contributed by atoms with Crippen molar-refractivity contribution in [1.82, 2.24) is 5.32 Å². The molecule has 0 aliphatic carbocycles. The minimum absolute atomic E-state index is 0.174. The second-order valence-electron chi connectivity index (χ2n) is 4.84. The Morgan fingerprint density at radius 3 is 2.50 bits per heavy atom. The first kappa shape index (κ1) is 13.8. The zero-order chi connectivity index (χ0) is 13.0. The van der Waals surface area contributed by atoms with Gasteiger partial charge < -0.3 is 10.6 Å². The first-order chi connectivity index (χ1) is 8.66. The summed E-state index contributed by atoms with van der Waals surface area (Å²) in [6.07, 6.45) is 2.77. The fourth-order valence-electron chi connectivity index (χ4n) is 2.44. The Kier molecular flexibility index (Phi) is 4.61. The Morgan fingerprint density at radius 2 is 1.94 bits per heavy atom. The van der Waals surface area contributed by atoms with Gasteiger partial charge in [-0.1, -0.05) is 6.92 Å². The predicted octanol–water partition coefficient (Wildman–Crippen LogP) is 3.01. The van der Waals surface area contributed by atoms with Crippen LogP contribution in [-0.4, -0.2) is 19.0 Å².